The Morgan fingerprint density at radius 2 is 2.50 bits per heavy atom. The molecule has 1 heterocycles. The standard InChI is InChI=1S/C5H9O4P/c1-4-3-7-5(2,8-4)9-10-6/h4H,3H2,1-2H3. The smallest absolute Gasteiger partial charge is 0.324 e. The summed E-state index contributed by atoms with van der Waals surface area (Å²) in [6.45, 7) is 3.92. The van der Waals surface area contributed by atoms with Crippen LogP contribution in [-0.2, 0) is 18.6 Å². The van der Waals surface area contributed by atoms with E-state index in [2.05, 4.69) is 4.52 Å². The van der Waals surface area contributed by atoms with E-state index < -0.39 is 14.7 Å². The number of ether oxygens (including phenoxy) is 2. The summed E-state index contributed by atoms with van der Waals surface area (Å²) < 4.78 is 24.8. The van der Waals surface area contributed by atoms with Crippen molar-refractivity contribution in [2.45, 2.75) is 25.9 Å². The molecule has 0 radical (unpaired) electrons. The van der Waals surface area contributed by atoms with Gasteiger partial charge in [0.2, 0.25) is 0 Å². The van der Waals surface area contributed by atoms with Crippen LogP contribution in [0.4, 0.5) is 0 Å². The second kappa shape index (κ2) is 2.93. The van der Waals surface area contributed by atoms with Gasteiger partial charge in [-0.1, -0.05) is 0 Å². The van der Waals surface area contributed by atoms with E-state index >= 15 is 0 Å². The van der Waals surface area contributed by atoms with E-state index in [9.17, 15) is 4.57 Å². The van der Waals surface area contributed by atoms with Crippen molar-refractivity contribution < 1.29 is 18.6 Å². The third-order valence-electron chi connectivity index (χ3n) is 1.20. The van der Waals surface area contributed by atoms with Crippen LogP contribution >= 0.6 is 8.69 Å². The maximum absolute atomic E-state index is 9.99. The molecule has 0 aromatic heterocycles. The SMILES string of the molecule is CC1COC(C)(OP=O)O1. The lowest BCUT2D eigenvalue weighted by atomic mass is 10.5. The Morgan fingerprint density at radius 3 is 2.90 bits per heavy atom. The molecule has 58 valence electrons. The van der Waals surface area contributed by atoms with E-state index in [4.69, 9.17) is 9.47 Å². The summed E-state index contributed by atoms with van der Waals surface area (Å²) in [6.07, 6.45) is 0.00625. The molecule has 0 saturated carbocycles. The highest BCUT2D eigenvalue weighted by molar-refractivity contribution is 7.17. The van der Waals surface area contributed by atoms with Gasteiger partial charge in [-0.25, -0.2) is 9.09 Å². The van der Waals surface area contributed by atoms with Crippen molar-refractivity contribution in [2.75, 3.05) is 6.61 Å². The lowest BCUT2D eigenvalue weighted by Gasteiger charge is -2.17. The Morgan fingerprint density at radius 1 is 1.80 bits per heavy atom. The molecule has 1 aliphatic rings. The summed E-state index contributed by atoms with van der Waals surface area (Å²) in [5.74, 6) is -1.11. The monoisotopic (exact) mass is 164 g/mol. The Bertz CT molecular complexity index is 140. The molecule has 2 unspecified atom stereocenters. The molecular weight excluding hydrogens is 155 g/mol. The molecule has 1 aliphatic heterocycles. The number of rotatable bonds is 2. The quantitative estimate of drug-likeness (QED) is 0.577. The van der Waals surface area contributed by atoms with E-state index in [0.29, 0.717) is 6.61 Å². The van der Waals surface area contributed by atoms with Gasteiger partial charge in [0.1, 0.15) is 0 Å². The van der Waals surface area contributed by atoms with E-state index in [-0.39, 0.29) is 6.10 Å². The average molecular weight is 164 g/mol. The van der Waals surface area contributed by atoms with Gasteiger partial charge in [0.25, 0.3) is 5.97 Å². The van der Waals surface area contributed by atoms with Crippen LogP contribution in [0.5, 0.6) is 0 Å². The van der Waals surface area contributed by atoms with Crippen LogP contribution in [0.2, 0.25) is 0 Å². The van der Waals surface area contributed by atoms with Crippen molar-refractivity contribution in [3.8, 4) is 0 Å². The minimum absolute atomic E-state index is 0.00625. The Kier molecular flexibility index (Phi) is 2.36. The fourth-order valence-corrected chi connectivity index (χ4v) is 1.05. The molecule has 1 fully saturated rings. The van der Waals surface area contributed by atoms with Gasteiger partial charge in [-0.3, -0.25) is 0 Å². The Balaban J connectivity index is 2.45. The van der Waals surface area contributed by atoms with Gasteiger partial charge in [0.05, 0.1) is 12.7 Å². The summed E-state index contributed by atoms with van der Waals surface area (Å²) in [6, 6.07) is 0. The molecule has 0 aromatic carbocycles. The van der Waals surface area contributed by atoms with Crippen LogP contribution < -0.4 is 0 Å². The van der Waals surface area contributed by atoms with E-state index in [1.165, 1.54) is 0 Å². The lowest BCUT2D eigenvalue weighted by molar-refractivity contribution is -0.274. The topological polar surface area (TPSA) is 44.8 Å². The predicted molar refractivity (Wildman–Crippen MR) is 33.6 cm³/mol. The van der Waals surface area contributed by atoms with Crippen molar-refractivity contribution in [3.63, 3.8) is 0 Å². The van der Waals surface area contributed by atoms with Crippen LogP contribution in [0.3, 0.4) is 0 Å². The summed E-state index contributed by atoms with van der Waals surface area (Å²) >= 11 is 0. The van der Waals surface area contributed by atoms with E-state index in [0.717, 1.165) is 0 Å². The van der Waals surface area contributed by atoms with Crippen molar-refractivity contribution >= 4 is 8.69 Å². The van der Waals surface area contributed by atoms with Crippen LogP contribution in [0.1, 0.15) is 13.8 Å². The molecular formula is C5H9O4P. The number of hydrogen-bond donors (Lipinski definition) is 0. The highest BCUT2D eigenvalue weighted by Gasteiger charge is 2.36. The minimum atomic E-state index is -1.11. The third kappa shape index (κ3) is 1.73. The van der Waals surface area contributed by atoms with Crippen LogP contribution in [0.15, 0.2) is 0 Å². The van der Waals surface area contributed by atoms with Crippen molar-refractivity contribution in [2.24, 2.45) is 0 Å². The molecule has 0 aliphatic carbocycles. The second-order valence-corrected chi connectivity index (χ2v) is 2.60. The van der Waals surface area contributed by atoms with Gasteiger partial charge in [0.15, 0.2) is 0 Å². The van der Waals surface area contributed by atoms with Crippen molar-refractivity contribution in [3.05, 3.63) is 0 Å². The highest BCUT2D eigenvalue weighted by atomic mass is 31.1. The fraction of sp³-hybridized carbons (Fsp3) is 1.00. The first-order chi connectivity index (χ1) is 4.66. The van der Waals surface area contributed by atoms with Gasteiger partial charge >= 0.3 is 8.69 Å². The second-order valence-electron chi connectivity index (χ2n) is 2.27. The lowest BCUT2D eigenvalue weighted by Crippen LogP contribution is -2.26. The molecule has 0 bridgehead atoms. The maximum atomic E-state index is 9.99. The average Bonchev–Trinajstić information content (AvgIpc) is 2.12. The first kappa shape index (κ1) is 8.08. The van der Waals surface area contributed by atoms with Gasteiger partial charge in [0, 0.05) is 6.92 Å². The first-order valence-electron chi connectivity index (χ1n) is 2.99. The minimum Gasteiger partial charge on any atom is -0.324 e. The van der Waals surface area contributed by atoms with Crippen LogP contribution in [-0.4, -0.2) is 18.7 Å². The van der Waals surface area contributed by atoms with Crippen LogP contribution in [0, 0.1) is 0 Å². The maximum Gasteiger partial charge on any atom is 0.332 e. The molecule has 0 aromatic rings. The molecule has 0 N–H and O–H groups in total. The zero-order valence-corrected chi connectivity index (χ0v) is 6.76. The van der Waals surface area contributed by atoms with Crippen molar-refractivity contribution in [1.82, 2.24) is 0 Å². The zero-order chi connectivity index (χ0) is 7.61. The summed E-state index contributed by atoms with van der Waals surface area (Å²) in [5.41, 5.74) is 0. The highest BCUT2D eigenvalue weighted by Crippen LogP contribution is 2.27. The molecule has 0 spiro atoms. The molecule has 1 saturated heterocycles. The fourth-order valence-electron chi connectivity index (χ4n) is 0.818. The van der Waals surface area contributed by atoms with Gasteiger partial charge in [-0.2, -0.15) is 0 Å². The van der Waals surface area contributed by atoms with Gasteiger partial charge in [-0.05, 0) is 6.92 Å². The molecule has 5 heteroatoms. The summed E-state index contributed by atoms with van der Waals surface area (Å²) in [5, 5.41) is 0. The first-order valence-corrected chi connectivity index (χ1v) is 3.72. The summed E-state index contributed by atoms with van der Waals surface area (Å²) in [4.78, 5) is 0. The van der Waals surface area contributed by atoms with Crippen LogP contribution in [0.25, 0.3) is 0 Å². The van der Waals surface area contributed by atoms with E-state index in [1.807, 2.05) is 6.92 Å². The molecule has 1 rings (SSSR count). The number of hydrogen-bond acceptors (Lipinski definition) is 4. The normalized spacial score (nSPS) is 40.8. The molecule has 10 heavy (non-hydrogen) atoms. The molecule has 4 nitrogen and oxygen atoms in total. The zero-order valence-electron chi connectivity index (χ0n) is 5.86. The molecule has 2 atom stereocenters. The Labute approximate surface area is 60.7 Å². The largest absolute Gasteiger partial charge is 0.332 e. The summed E-state index contributed by atoms with van der Waals surface area (Å²) in [7, 11) is -0.424. The van der Waals surface area contributed by atoms with Gasteiger partial charge < -0.3 is 9.47 Å². The van der Waals surface area contributed by atoms with Crippen molar-refractivity contribution in [1.29, 1.82) is 0 Å². The Hall–Kier alpha value is -0.0200. The molecule has 0 amide bonds. The van der Waals surface area contributed by atoms with Gasteiger partial charge in [-0.15, -0.1) is 0 Å². The predicted octanol–water partition coefficient (Wildman–Crippen LogP) is 1.32. The van der Waals surface area contributed by atoms with E-state index in [1.54, 1.807) is 6.92 Å². The third-order valence-corrected chi connectivity index (χ3v) is 1.60.